The van der Waals surface area contributed by atoms with E-state index in [4.69, 9.17) is 5.73 Å². The summed E-state index contributed by atoms with van der Waals surface area (Å²) in [5.41, 5.74) is 9.98. The number of aromatic nitrogens is 1. The van der Waals surface area contributed by atoms with E-state index in [1.165, 1.54) is 35.0 Å². The van der Waals surface area contributed by atoms with Gasteiger partial charge >= 0.3 is 0 Å². The number of fused-ring (bicyclic) bond motifs is 1. The molecule has 0 radical (unpaired) electrons. The standard InChI is InChI=1S/C14H20N2.ClH/c1-3-4-8-12(15)14-10(2)16-13-9-6-5-7-11(13)14;/h5-7,9,12,16H,3-4,8,15H2,1-2H3;1H/t12-;/m1./s1. The lowest BCUT2D eigenvalue weighted by atomic mass is 9.99. The number of H-pyrrole nitrogens is 1. The van der Waals surface area contributed by atoms with E-state index in [9.17, 15) is 0 Å². The van der Waals surface area contributed by atoms with Crippen molar-refractivity contribution in [2.24, 2.45) is 5.73 Å². The van der Waals surface area contributed by atoms with Crippen LogP contribution in [0.15, 0.2) is 24.3 Å². The van der Waals surface area contributed by atoms with Crippen molar-refractivity contribution in [3.05, 3.63) is 35.5 Å². The number of benzene rings is 1. The Morgan fingerprint density at radius 3 is 2.71 bits per heavy atom. The number of hydrogen-bond donors (Lipinski definition) is 2. The number of unbranched alkanes of at least 4 members (excludes halogenated alkanes) is 1. The molecule has 94 valence electrons. The molecule has 0 bridgehead atoms. The van der Waals surface area contributed by atoms with Crippen LogP contribution in [0.25, 0.3) is 10.9 Å². The molecule has 3 N–H and O–H groups in total. The van der Waals surface area contributed by atoms with Crippen molar-refractivity contribution in [3.8, 4) is 0 Å². The molecule has 0 aliphatic rings. The highest BCUT2D eigenvalue weighted by atomic mass is 35.5. The van der Waals surface area contributed by atoms with Gasteiger partial charge in [0, 0.05) is 22.6 Å². The first kappa shape index (κ1) is 14.1. The number of halogens is 1. The molecule has 2 rings (SSSR count). The van der Waals surface area contributed by atoms with Crippen molar-refractivity contribution in [2.75, 3.05) is 0 Å². The molecule has 0 fully saturated rings. The summed E-state index contributed by atoms with van der Waals surface area (Å²) >= 11 is 0. The Kier molecular flexibility index (Phi) is 5.03. The third-order valence-electron chi connectivity index (χ3n) is 3.18. The van der Waals surface area contributed by atoms with Crippen LogP contribution >= 0.6 is 12.4 Å². The lowest BCUT2D eigenvalue weighted by Crippen LogP contribution is -2.10. The number of aromatic amines is 1. The van der Waals surface area contributed by atoms with Gasteiger partial charge in [0.15, 0.2) is 0 Å². The van der Waals surface area contributed by atoms with Crippen molar-refractivity contribution >= 4 is 23.3 Å². The average Bonchev–Trinajstić information content (AvgIpc) is 2.62. The SMILES string of the molecule is CCCC[C@@H](N)c1c(C)[nH]c2ccccc12.Cl. The minimum atomic E-state index is 0. The summed E-state index contributed by atoms with van der Waals surface area (Å²) in [5.74, 6) is 0. The Morgan fingerprint density at radius 1 is 1.29 bits per heavy atom. The fourth-order valence-electron chi connectivity index (χ4n) is 2.34. The molecule has 0 saturated heterocycles. The number of nitrogens with one attached hydrogen (secondary N) is 1. The first-order chi connectivity index (χ1) is 7.74. The van der Waals surface area contributed by atoms with Crippen LogP contribution in [-0.2, 0) is 0 Å². The molecule has 0 aliphatic carbocycles. The van der Waals surface area contributed by atoms with Gasteiger partial charge < -0.3 is 10.7 Å². The topological polar surface area (TPSA) is 41.8 Å². The van der Waals surface area contributed by atoms with Gasteiger partial charge in [-0.1, -0.05) is 38.0 Å². The van der Waals surface area contributed by atoms with Crippen molar-refractivity contribution < 1.29 is 0 Å². The Hall–Kier alpha value is -0.990. The Morgan fingerprint density at radius 2 is 2.00 bits per heavy atom. The highest BCUT2D eigenvalue weighted by molar-refractivity contribution is 5.85. The number of para-hydroxylation sites is 1. The van der Waals surface area contributed by atoms with Crippen LogP contribution in [0.1, 0.15) is 43.5 Å². The Bertz CT molecular complexity index is 476. The molecule has 0 spiro atoms. The molecular weight excluding hydrogens is 232 g/mol. The van der Waals surface area contributed by atoms with Crippen LogP contribution in [0, 0.1) is 6.92 Å². The molecule has 2 nitrogen and oxygen atoms in total. The second-order valence-corrected chi connectivity index (χ2v) is 4.46. The van der Waals surface area contributed by atoms with E-state index in [1.807, 2.05) is 0 Å². The summed E-state index contributed by atoms with van der Waals surface area (Å²) < 4.78 is 0. The molecule has 1 aromatic heterocycles. The van der Waals surface area contributed by atoms with E-state index in [-0.39, 0.29) is 18.4 Å². The first-order valence-electron chi connectivity index (χ1n) is 6.06. The Labute approximate surface area is 109 Å². The molecule has 0 unspecified atom stereocenters. The summed E-state index contributed by atoms with van der Waals surface area (Å²) in [6.45, 7) is 4.32. The van der Waals surface area contributed by atoms with Crippen LogP contribution in [0.2, 0.25) is 0 Å². The molecule has 17 heavy (non-hydrogen) atoms. The first-order valence-corrected chi connectivity index (χ1v) is 6.06. The Balaban J connectivity index is 0.00000144. The van der Waals surface area contributed by atoms with E-state index in [2.05, 4.69) is 43.1 Å². The summed E-state index contributed by atoms with van der Waals surface area (Å²) in [7, 11) is 0. The van der Waals surface area contributed by atoms with Crippen molar-refractivity contribution in [3.63, 3.8) is 0 Å². The van der Waals surface area contributed by atoms with Crippen LogP contribution in [0.3, 0.4) is 0 Å². The van der Waals surface area contributed by atoms with Gasteiger partial charge in [-0.15, -0.1) is 12.4 Å². The molecule has 1 heterocycles. The highest BCUT2D eigenvalue weighted by Gasteiger charge is 2.14. The van der Waals surface area contributed by atoms with Crippen LogP contribution in [0.5, 0.6) is 0 Å². The van der Waals surface area contributed by atoms with Crippen molar-refractivity contribution in [2.45, 2.75) is 39.2 Å². The molecular formula is C14H21ClN2. The molecule has 0 saturated carbocycles. The normalized spacial score (nSPS) is 12.4. The number of rotatable bonds is 4. The quantitative estimate of drug-likeness (QED) is 0.846. The highest BCUT2D eigenvalue weighted by Crippen LogP contribution is 2.28. The van der Waals surface area contributed by atoms with Crippen LogP contribution in [0.4, 0.5) is 0 Å². The van der Waals surface area contributed by atoms with Gasteiger partial charge in [-0.25, -0.2) is 0 Å². The maximum absolute atomic E-state index is 6.27. The van der Waals surface area contributed by atoms with Crippen molar-refractivity contribution in [1.82, 2.24) is 4.98 Å². The third kappa shape index (κ3) is 2.82. The minimum Gasteiger partial charge on any atom is -0.358 e. The van der Waals surface area contributed by atoms with E-state index >= 15 is 0 Å². The monoisotopic (exact) mass is 252 g/mol. The lowest BCUT2D eigenvalue weighted by molar-refractivity contribution is 0.604. The molecule has 1 atom stereocenters. The fourth-order valence-corrected chi connectivity index (χ4v) is 2.34. The summed E-state index contributed by atoms with van der Waals surface area (Å²) in [6.07, 6.45) is 3.47. The van der Waals surface area contributed by atoms with Gasteiger partial charge in [-0.2, -0.15) is 0 Å². The van der Waals surface area contributed by atoms with E-state index < -0.39 is 0 Å². The number of aryl methyl sites for hydroxylation is 1. The second-order valence-electron chi connectivity index (χ2n) is 4.46. The van der Waals surface area contributed by atoms with Gasteiger partial charge in [0.25, 0.3) is 0 Å². The predicted molar refractivity (Wildman–Crippen MR) is 76.7 cm³/mol. The zero-order chi connectivity index (χ0) is 11.5. The van der Waals surface area contributed by atoms with Crippen LogP contribution < -0.4 is 5.73 Å². The zero-order valence-electron chi connectivity index (χ0n) is 10.5. The van der Waals surface area contributed by atoms with Gasteiger partial charge in [0.1, 0.15) is 0 Å². The van der Waals surface area contributed by atoms with Gasteiger partial charge in [0.05, 0.1) is 0 Å². The van der Waals surface area contributed by atoms with E-state index in [1.54, 1.807) is 0 Å². The maximum atomic E-state index is 6.27. The van der Waals surface area contributed by atoms with Gasteiger partial charge in [0.2, 0.25) is 0 Å². The maximum Gasteiger partial charge on any atom is 0.0459 e. The van der Waals surface area contributed by atoms with E-state index in [0.29, 0.717) is 0 Å². The predicted octanol–water partition coefficient (Wildman–Crippen LogP) is 4.09. The summed E-state index contributed by atoms with van der Waals surface area (Å²) in [4.78, 5) is 3.40. The number of nitrogens with two attached hydrogens (primary N) is 1. The molecule has 3 heteroatoms. The molecule has 1 aromatic carbocycles. The van der Waals surface area contributed by atoms with Gasteiger partial charge in [-0.3, -0.25) is 0 Å². The molecule has 2 aromatic rings. The smallest absolute Gasteiger partial charge is 0.0459 e. The lowest BCUT2D eigenvalue weighted by Gasteiger charge is -2.11. The fraction of sp³-hybridized carbons (Fsp3) is 0.429. The summed E-state index contributed by atoms with van der Waals surface area (Å²) in [5, 5.41) is 1.28. The largest absolute Gasteiger partial charge is 0.358 e. The third-order valence-corrected chi connectivity index (χ3v) is 3.18. The van der Waals surface area contributed by atoms with Crippen LogP contribution in [-0.4, -0.2) is 4.98 Å². The second kappa shape index (κ2) is 6.08. The molecule has 0 aliphatic heterocycles. The zero-order valence-corrected chi connectivity index (χ0v) is 11.3. The molecule has 0 amide bonds. The van der Waals surface area contributed by atoms with Crippen molar-refractivity contribution in [1.29, 1.82) is 0 Å². The minimum absolute atomic E-state index is 0. The van der Waals surface area contributed by atoms with Gasteiger partial charge in [-0.05, 0) is 25.0 Å². The number of hydrogen-bond acceptors (Lipinski definition) is 1. The van der Waals surface area contributed by atoms with E-state index in [0.717, 1.165) is 6.42 Å². The summed E-state index contributed by atoms with van der Waals surface area (Å²) in [6, 6.07) is 8.56. The average molecular weight is 253 g/mol.